The van der Waals surface area contributed by atoms with E-state index in [-0.39, 0.29) is 11.6 Å². The van der Waals surface area contributed by atoms with Crippen LogP contribution in [0.2, 0.25) is 0 Å². The molecule has 220 valence electrons. The Labute approximate surface area is 254 Å². The Bertz CT molecular complexity index is 1430. The third kappa shape index (κ3) is 15.9. The van der Waals surface area contributed by atoms with Crippen LogP contribution in [0, 0.1) is 5.41 Å². The lowest BCUT2D eigenvalue weighted by molar-refractivity contribution is -0.116. The van der Waals surface area contributed by atoms with Crippen molar-refractivity contribution in [2.24, 2.45) is 25.5 Å². The summed E-state index contributed by atoms with van der Waals surface area (Å²) in [5, 5.41) is 31.0. The molecular formula is C34H38N8O. The van der Waals surface area contributed by atoms with Gasteiger partial charge < -0.3 is 10.7 Å². The fraction of sp³-hybridized carbons (Fsp3) is 0.0294. The molecule has 0 aliphatic rings. The number of nitrogens with zero attached hydrogens (tertiary/aromatic N) is 5. The fourth-order valence-corrected chi connectivity index (χ4v) is 2.38. The van der Waals surface area contributed by atoms with E-state index in [1.165, 1.54) is 55.7 Å². The van der Waals surface area contributed by atoms with Crippen molar-refractivity contribution in [3.8, 4) is 0 Å². The lowest BCUT2D eigenvalue weighted by atomic mass is 10.2. The monoisotopic (exact) mass is 574 g/mol. The molecule has 0 aliphatic carbocycles. The summed E-state index contributed by atoms with van der Waals surface area (Å²) in [7, 11) is 1.54. The fourth-order valence-electron chi connectivity index (χ4n) is 2.38. The van der Waals surface area contributed by atoms with E-state index in [9.17, 15) is 4.79 Å². The number of allylic oxidation sites excluding steroid dienone is 15. The molecule has 43 heavy (non-hydrogen) atoms. The third-order valence-electron chi connectivity index (χ3n) is 4.80. The smallest absolute Gasteiger partial charge is 0.250 e. The van der Waals surface area contributed by atoms with Gasteiger partial charge in [-0.15, -0.1) is 0 Å². The van der Waals surface area contributed by atoms with Gasteiger partial charge in [0.1, 0.15) is 0 Å². The van der Waals surface area contributed by atoms with E-state index in [0.29, 0.717) is 39.8 Å². The van der Waals surface area contributed by atoms with Crippen molar-refractivity contribution in [1.29, 1.82) is 5.41 Å². The highest BCUT2D eigenvalue weighted by Crippen LogP contribution is 2.01. The van der Waals surface area contributed by atoms with Gasteiger partial charge in [0.2, 0.25) is 0 Å². The molecule has 9 heteroatoms. The number of amides is 1. The Kier molecular flexibility index (Phi) is 19.5. The Morgan fingerprint density at radius 2 is 0.977 bits per heavy atom. The van der Waals surface area contributed by atoms with Crippen LogP contribution in [0.25, 0.3) is 0 Å². The molecule has 9 nitrogen and oxygen atoms in total. The molecule has 0 saturated heterocycles. The minimum absolute atomic E-state index is 0.235. The first-order chi connectivity index (χ1) is 20.7. The molecule has 0 spiro atoms. The summed E-state index contributed by atoms with van der Waals surface area (Å²) in [6, 6.07) is 0. The molecule has 0 aromatic rings. The first kappa shape index (κ1) is 36.9. The molecule has 0 heterocycles. The van der Waals surface area contributed by atoms with Crippen LogP contribution in [0.15, 0.2) is 187 Å². The maximum atomic E-state index is 11.8. The molecule has 0 rings (SSSR count). The number of nitrogens with one attached hydrogen (secondary N) is 3. The quantitative estimate of drug-likeness (QED) is 0.0687. The summed E-state index contributed by atoms with van der Waals surface area (Å²) in [5.41, 5.74) is 6.30. The minimum Gasteiger partial charge on any atom is -0.355 e. The van der Waals surface area contributed by atoms with Gasteiger partial charge in [-0.05, 0) is 91.1 Å². The van der Waals surface area contributed by atoms with Gasteiger partial charge in [0.15, 0.2) is 0 Å². The van der Waals surface area contributed by atoms with Crippen molar-refractivity contribution >= 4 is 40.2 Å². The van der Waals surface area contributed by atoms with Gasteiger partial charge in [0.05, 0.1) is 40.0 Å². The average Bonchev–Trinajstić information content (AvgIpc) is 3.04. The maximum absolute atomic E-state index is 11.8. The average molecular weight is 575 g/mol. The van der Waals surface area contributed by atoms with E-state index in [4.69, 9.17) is 5.41 Å². The van der Waals surface area contributed by atoms with E-state index in [2.05, 4.69) is 88.9 Å². The summed E-state index contributed by atoms with van der Waals surface area (Å²) >= 11 is 0. The standard InChI is InChI=1S/C34H38N8O/c1-10-26(34(43)36-9)18-20-28(12-3)37-39-30(14-5)22-24-32(16-7)41-42-33(17-8)25-23-31(15-6)40-38-29(13-4)21-19-27(35)11-2/h10-25,35,37H,1-8H2,9H3,(H,36,43)/b21-19?,24-22?,25-23?,26-18+,28-20+,35-27?,38-29?,39-30?,40-31?,41-32?,42-33?. The second-order valence-electron chi connectivity index (χ2n) is 7.66. The van der Waals surface area contributed by atoms with Crippen LogP contribution in [0.5, 0.6) is 0 Å². The predicted molar refractivity (Wildman–Crippen MR) is 187 cm³/mol. The highest BCUT2D eigenvalue weighted by molar-refractivity contribution is 6.14. The van der Waals surface area contributed by atoms with Crippen LogP contribution in [0.1, 0.15) is 0 Å². The molecule has 0 bridgehead atoms. The Morgan fingerprint density at radius 1 is 0.558 bits per heavy atom. The number of hydrogen-bond donors (Lipinski definition) is 3. The summed E-state index contributed by atoms with van der Waals surface area (Å²) in [6.45, 7) is 29.6. The van der Waals surface area contributed by atoms with Gasteiger partial charge in [-0.2, -0.15) is 25.5 Å². The number of carbonyl (C=O) groups excluding carboxylic acids is 1. The van der Waals surface area contributed by atoms with Crippen molar-refractivity contribution in [3.63, 3.8) is 0 Å². The van der Waals surface area contributed by atoms with Gasteiger partial charge in [0.25, 0.3) is 5.91 Å². The van der Waals surface area contributed by atoms with Crippen molar-refractivity contribution < 1.29 is 4.79 Å². The summed E-state index contributed by atoms with van der Waals surface area (Å²) in [5.74, 6) is -0.265. The van der Waals surface area contributed by atoms with Gasteiger partial charge in [-0.1, -0.05) is 58.7 Å². The van der Waals surface area contributed by atoms with Crippen LogP contribution < -0.4 is 10.7 Å². The van der Waals surface area contributed by atoms with Gasteiger partial charge in [-0.3, -0.25) is 10.2 Å². The van der Waals surface area contributed by atoms with Crippen LogP contribution in [-0.2, 0) is 4.79 Å². The Hall–Kier alpha value is -6.09. The molecular weight excluding hydrogens is 536 g/mol. The predicted octanol–water partition coefficient (Wildman–Crippen LogP) is 6.26. The highest BCUT2D eigenvalue weighted by atomic mass is 16.1. The molecule has 0 atom stereocenters. The molecule has 3 N–H and O–H groups in total. The lowest BCUT2D eigenvalue weighted by Crippen LogP contribution is -2.18. The topological polar surface area (TPSA) is 127 Å². The SMILES string of the molecule is C=CC(=N)C=CC(C=C)=NN=C(C=C)C=CC(C=C)=NN=C(C=C)C=CC(C=C)=NN/C(C=C)=C/C=C(\C=C)C(=O)NC. The van der Waals surface area contributed by atoms with Crippen molar-refractivity contribution in [1.82, 2.24) is 10.7 Å². The second kappa shape index (κ2) is 22.7. The van der Waals surface area contributed by atoms with Crippen molar-refractivity contribution in [3.05, 3.63) is 161 Å². The normalized spacial score (nSPS) is 13.9. The zero-order chi connectivity index (χ0) is 32.5. The van der Waals surface area contributed by atoms with Gasteiger partial charge in [0, 0.05) is 12.6 Å². The molecule has 0 aromatic carbocycles. The number of hydrazone groups is 1. The van der Waals surface area contributed by atoms with E-state index in [0.717, 1.165) is 0 Å². The van der Waals surface area contributed by atoms with E-state index < -0.39 is 0 Å². The molecule has 0 unspecified atom stereocenters. The molecule has 0 aliphatic heterocycles. The van der Waals surface area contributed by atoms with Gasteiger partial charge >= 0.3 is 0 Å². The van der Waals surface area contributed by atoms with Crippen LogP contribution in [-0.4, -0.2) is 47.2 Å². The van der Waals surface area contributed by atoms with E-state index in [1.54, 1.807) is 48.6 Å². The number of hydrogen-bond acceptors (Lipinski definition) is 8. The number of carbonyl (C=O) groups is 1. The maximum Gasteiger partial charge on any atom is 0.250 e. The summed E-state index contributed by atoms with van der Waals surface area (Å²) in [6.07, 6.45) is 25.0. The molecule has 0 saturated carbocycles. The third-order valence-corrected chi connectivity index (χ3v) is 4.80. The Morgan fingerprint density at radius 3 is 1.33 bits per heavy atom. The first-order valence-corrected chi connectivity index (χ1v) is 12.7. The van der Waals surface area contributed by atoms with Crippen LogP contribution in [0.4, 0.5) is 0 Å². The van der Waals surface area contributed by atoms with Crippen molar-refractivity contribution in [2.45, 2.75) is 0 Å². The molecule has 0 aromatic heterocycles. The lowest BCUT2D eigenvalue weighted by Gasteiger charge is -2.02. The molecule has 1 amide bonds. The first-order valence-electron chi connectivity index (χ1n) is 12.7. The minimum atomic E-state index is -0.265. The summed E-state index contributed by atoms with van der Waals surface area (Å²) < 4.78 is 0. The molecule has 0 fully saturated rings. The van der Waals surface area contributed by atoms with E-state index in [1.807, 2.05) is 0 Å². The zero-order valence-electron chi connectivity index (χ0n) is 24.5. The zero-order valence-corrected chi connectivity index (χ0v) is 24.5. The van der Waals surface area contributed by atoms with E-state index >= 15 is 0 Å². The second-order valence-corrected chi connectivity index (χ2v) is 7.66. The van der Waals surface area contributed by atoms with Crippen molar-refractivity contribution in [2.75, 3.05) is 7.05 Å². The van der Waals surface area contributed by atoms with Gasteiger partial charge in [-0.25, -0.2) is 0 Å². The van der Waals surface area contributed by atoms with Crippen LogP contribution in [0.3, 0.4) is 0 Å². The van der Waals surface area contributed by atoms with Crippen LogP contribution >= 0.6 is 0 Å². The Balaban J connectivity index is 5.88. The number of likely N-dealkylation sites (N-methyl/N-ethyl adjacent to an activating group) is 1. The highest BCUT2D eigenvalue weighted by Gasteiger charge is 2.01. The number of rotatable bonds is 20. The largest absolute Gasteiger partial charge is 0.355 e. The summed E-state index contributed by atoms with van der Waals surface area (Å²) in [4.78, 5) is 11.8. The molecule has 0 radical (unpaired) electrons.